The fraction of sp³-hybridized carbons (Fsp3) is 0.160. The molecule has 3 rings (SSSR count). The van der Waals surface area contributed by atoms with Crippen molar-refractivity contribution in [3.63, 3.8) is 0 Å². The SMILES string of the molecule is Cc1cccc(S(=O)(=O)NC(=O)NCCNC(=O)c2ccc(NC(=O)Nc3ccc(Cl)c(C(F)(F)F)c3)c(F)c2)c1. The third-order valence-electron chi connectivity index (χ3n) is 5.23. The van der Waals surface area contributed by atoms with Crippen LogP contribution < -0.4 is 26.0 Å². The Kier molecular flexibility index (Phi) is 9.78. The molecule has 0 aromatic heterocycles. The van der Waals surface area contributed by atoms with Crippen LogP contribution in [0.2, 0.25) is 5.02 Å². The molecule has 0 aliphatic heterocycles. The number of alkyl halides is 3. The third-order valence-corrected chi connectivity index (χ3v) is 6.89. The lowest BCUT2D eigenvalue weighted by Crippen LogP contribution is -2.42. The van der Waals surface area contributed by atoms with Crippen LogP contribution in [-0.2, 0) is 16.2 Å². The number of amides is 5. The lowest BCUT2D eigenvalue weighted by atomic mass is 10.2. The minimum absolute atomic E-state index is 0.0982. The monoisotopic (exact) mass is 615 g/mol. The predicted octanol–water partition coefficient (Wildman–Crippen LogP) is 4.87. The van der Waals surface area contributed by atoms with E-state index in [-0.39, 0.29) is 34.9 Å². The number of carbonyl (C=O) groups excluding carboxylic acids is 3. The van der Waals surface area contributed by atoms with Gasteiger partial charge >= 0.3 is 18.2 Å². The van der Waals surface area contributed by atoms with Crippen LogP contribution in [0.4, 0.5) is 38.5 Å². The van der Waals surface area contributed by atoms with Crippen LogP contribution in [-0.4, -0.2) is 39.5 Å². The van der Waals surface area contributed by atoms with Crippen LogP contribution in [0, 0.1) is 12.7 Å². The van der Waals surface area contributed by atoms with E-state index in [4.69, 9.17) is 11.6 Å². The quantitative estimate of drug-likeness (QED) is 0.181. The molecule has 0 fully saturated rings. The Labute approximate surface area is 236 Å². The summed E-state index contributed by atoms with van der Waals surface area (Å²) in [5.41, 5.74) is -1.24. The summed E-state index contributed by atoms with van der Waals surface area (Å²) < 4.78 is 79.8. The summed E-state index contributed by atoms with van der Waals surface area (Å²) in [5.74, 6) is -1.76. The van der Waals surface area contributed by atoms with E-state index < -0.39 is 50.6 Å². The third kappa shape index (κ3) is 8.81. The minimum atomic E-state index is -4.75. The molecule has 10 nitrogen and oxygen atoms in total. The molecule has 0 aliphatic rings. The molecule has 16 heteroatoms. The lowest BCUT2D eigenvalue weighted by molar-refractivity contribution is -0.137. The second-order valence-electron chi connectivity index (χ2n) is 8.40. The Morgan fingerprint density at radius 3 is 2.24 bits per heavy atom. The van der Waals surface area contributed by atoms with E-state index in [1.54, 1.807) is 13.0 Å². The number of aryl methyl sites for hydroxylation is 1. The van der Waals surface area contributed by atoms with Gasteiger partial charge in [0.05, 0.1) is 21.2 Å². The van der Waals surface area contributed by atoms with Gasteiger partial charge in [-0.25, -0.2) is 27.1 Å². The first-order chi connectivity index (χ1) is 19.2. The van der Waals surface area contributed by atoms with Crippen LogP contribution in [0.15, 0.2) is 65.6 Å². The van der Waals surface area contributed by atoms with Crippen LogP contribution in [0.1, 0.15) is 21.5 Å². The maximum atomic E-state index is 14.5. The highest BCUT2D eigenvalue weighted by atomic mass is 35.5. The summed E-state index contributed by atoms with van der Waals surface area (Å²) in [6.45, 7) is 1.39. The van der Waals surface area contributed by atoms with Crippen molar-refractivity contribution in [2.75, 3.05) is 23.7 Å². The van der Waals surface area contributed by atoms with E-state index >= 15 is 0 Å². The van der Waals surface area contributed by atoms with Crippen LogP contribution in [0.3, 0.4) is 0 Å². The standard InChI is InChI=1S/C25H22ClF4N5O5S/c1-14-3-2-4-17(11-14)41(39,40)35-23(37)32-10-9-31-22(36)15-5-8-21(20(27)12-15)34-24(38)33-16-6-7-19(26)18(13-16)25(28,29)30/h2-8,11-13H,9-10H2,1H3,(H,31,36)(H2,32,35,37)(H2,33,34,38). The summed E-state index contributed by atoms with van der Waals surface area (Å²) in [6.07, 6.45) is -4.75. The van der Waals surface area contributed by atoms with Gasteiger partial charge in [-0.3, -0.25) is 4.79 Å². The van der Waals surface area contributed by atoms with Gasteiger partial charge in [0, 0.05) is 24.3 Å². The van der Waals surface area contributed by atoms with Crippen LogP contribution >= 0.6 is 11.6 Å². The molecule has 0 atom stereocenters. The molecule has 3 aromatic rings. The van der Waals surface area contributed by atoms with Gasteiger partial charge in [-0.2, -0.15) is 13.2 Å². The Hall–Kier alpha value is -4.37. The van der Waals surface area contributed by atoms with Crippen LogP contribution in [0.5, 0.6) is 0 Å². The zero-order valence-electron chi connectivity index (χ0n) is 21.0. The number of sulfonamides is 1. The maximum Gasteiger partial charge on any atom is 0.417 e. The van der Waals surface area contributed by atoms with Crippen molar-refractivity contribution in [3.8, 4) is 0 Å². The van der Waals surface area contributed by atoms with Crippen molar-refractivity contribution in [1.82, 2.24) is 15.4 Å². The van der Waals surface area contributed by atoms with Crippen molar-refractivity contribution in [3.05, 3.63) is 88.2 Å². The highest BCUT2D eigenvalue weighted by Crippen LogP contribution is 2.36. The first kappa shape index (κ1) is 31.2. The van der Waals surface area contributed by atoms with Gasteiger partial charge < -0.3 is 21.3 Å². The molecule has 0 aliphatic carbocycles. The normalized spacial score (nSPS) is 11.4. The van der Waals surface area contributed by atoms with Crippen molar-refractivity contribution in [1.29, 1.82) is 0 Å². The second kappa shape index (κ2) is 12.9. The van der Waals surface area contributed by atoms with Crippen molar-refractivity contribution in [2.24, 2.45) is 0 Å². The van der Waals surface area contributed by atoms with Gasteiger partial charge in [0.2, 0.25) is 0 Å². The van der Waals surface area contributed by atoms with Gasteiger partial charge in [-0.1, -0.05) is 23.7 Å². The van der Waals surface area contributed by atoms with E-state index in [0.717, 1.165) is 24.3 Å². The molecular formula is C25H22ClF4N5O5S. The summed E-state index contributed by atoms with van der Waals surface area (Å²) in [6, 6.07) is 9.59. The number of hydrogen-bond donors (Lipinski definition) is 5. The topological polar surface area (TPSA) is 146 Å². The number of benzene rings is 3. The van der Waals surface area contributed by atoms with Crippen molar-refractivity contribution < 1.29 is 40.4 Å². The maximum absolute atomic E-state index is 14.5. The number of rotatable bonds is 8. The van der Waals surface area contributed by atoms with E-state index in [9.17, 15) is 40.4 Å². The summed E-state index contributed by atoms with van der Waals surface area (Å²) in [7, 11) is -4.10. The highest BCUT2D eigenvalue weighted by molar-refractivity contribution is 7.90. The average Bonchev–Trinajstić information content (AvgIpc) is 2.88. The fourth-order valence-electron chi connectivity index (χ4n) is 3.32. The Morgan fingerprint density at radius 1 is 0.878 bits per heavy atom. The Morgan fingerprint density at radius 2 is 1.59 bits per heavy atom. The van der Waals surface area contributed by atoms with E-state index in [2.05, 4.69) is 21.3 Å². The molecule has 3 aromatic carbocycles. The number of nitrogens with one attached hydrogen (secondary N) is 5. The molecule has 218 valence electrons. The summed E-state index contributed by atoms with van der Waals surface area (Å²) in [5, 5.41) is 8.35. The molecule has 5 amide bonds. The molecule has 5 N–H and O–H groups in total. The van der Waals surface area contributed by atoms with Gasteiger partial charge in [-0.05, 0) is 61.0 Å². The first-order valence-corrected chi connectivity index (χ1v) is 13.4. The number of halogens is 5. The zero-order chi connectivity index (χ0) is 30.4. The van der Waals surface area contributed by atoms with E-state index in [1.807, 2.05) is 4.72 Å². The molecule has 0 bridgehead atoms. The molecule has 0 saturated carbocycles. The number of anilines is 2. The molecule has 0 spiro atoms. The smallest absolute Gasteiger partial charge is 0.350 e. The highest BCUT2D eigenvalue weighted by Gasteiger charge is 2.33. The predicted molar refractivity (Wildman–Crippen MR) is 143 cm³/mol. The fourth-order valence-corrected chi connectivity index (χ4v) is 4.57. The number of carbonyl (C=O) groups is 3. The number of urea groups is 2. The molecule has 0 radical (unpaired) electrons. The first-order valence-electron chi connectivity index (χ1n) is 11.6. The lowest BCUT2D eigenvalue weighted by Gasteiger charge is -2.13. The Balaban J connectivity index is 1.48. The summed E-state index contributed by atoms with van der Waals surface area (Å²) in [4.78, 5) is 36.3. The van der Waals surface area contributed by atoms with Gasteiger partial charge in [0.1, 0.15) is 5.82 Å². The van der Waals surface area contributed by atoms with E-state index in [0.29, 0.717) is 11.6 Å². The second-order valence-corrected chi connectivity index (χ2v) is 10.5. The van der Waals surface area contributed by atoms with Gasteiger partial charge in [0.25, 0.3) is 15.9 Å². The summed E-state index contributed by atoms with van der Waals surface area (Å²) >= 11 is 5.54. The molecule has 0 unspecified atom stereocenters. The van der Waals surface area contributed by atoms with E-state index in [1.165, 1.54) is 24.3 Å². The molecule has 0 saturated heterocycles. The van der Waals surface area contributed by atoms with Crippen molar-refractivity contribution >= 4 is 51.0 Å². The average molecular weight is 616 g/mol. The minimum Gasteiger partial charge on any atom is -0.350 e. The van der Waals surface area contributed by atoms with Gasteiger partial charge in [-0.15, -0.1) is 0 Å². The molecule has 41 heavy (non-hydrogen) atoms. The van der Waals surface area contributed by atoms with Crippen molar-refractivity contribution in [2.45, 2.75) is 18.0 Å². The van der Waals surface area contributed by atoms with Gasteiger partial charge in [0.15, 0.2) is 0 Å². The largest absolute Gasteiger partial charge is 0.417 e. The molecule has 0 heterocycles. The number of hydrogen-bond acceptors (Lipinski definition) is 5. The Bertz CT molecular complexity index is 1580. The van der Waals surface area contributed by atoms with Crippen LogP contribution in [0.25, 0.3) is 0 Å². The zero-order valence-corrected chi connectivity index (χ0v) is 22.6. The molecular weight excluding hydrogens is 594 g/mol.